The summed E-state index contributed by atoms with van der Waals surface area (Å²) < 4.78 is 23.4. The van der Waals surface area contributed by atoms with Crippen molar-refractivity contribution in [2.75, 3.05) is 6.54 Å². The molecule has 1 aliphatic carbocycles. The molecule has 112 valence electrons. The van der Waals surface area contributed by atoms with Crippen molar-refractivity contribution in [2.45, 2.75) is 38.0 Å². The number of carbonyl (C=O) groups excluding carboxylic acids is 1. The number of amides is 1. The topological polar surface area (TPSA) is 118 Å². The molecule has 20 heavy (non-hydrogen) atoms. The highest BCUT2D eigenvalue weighted by Gasteiger charge is 2.34. The molecule has 8 heteroatoms. The minimum absolute atomic E-state index is 0.124. The third kappa shape index (κ3) is 3.01. The summed E-state index contributed by atoms with van der Waals surface area (Å²) in [6, 6.07) is 0. The van der Waals surface area contributed by atoms with Gasteiger partial charge in [-0.25, -0.2) is 13.6 Å². The van der Waals surface area contributed by atoms with Gasteiger partial charge in [-0.2, -0.15) is 5.10 Å². The van der Waals surface area contributed by atoms with Gasteiger partial charge in [0.25, 0.3) is 5.91 Å². The van der Waals surface area contributed by atoms with E-state index in [1.54, 1.807) is 13.8 Å². The fourth-order valence-corrected chi connectivity index (χ4v) is 3.17. The molecule has 2 rings (SSSR count). The van der Waals surface area contributed by atoms with Gasteiger partial charge < -0.3 is 5.32 Å². The Morgan fingerprint density at radius 1 is 1.55 bits per heavy atom. The molecule has 1 aromatic heterocycles. The van der Waals surface area contributed by atoms with Gasteiger partial charge in [0.2, 0.25) is 10.0 Å². The standard InChI is InChI=1S/C12H20N4O3S/c1-6(2)9-11(20(13,18)19)10(16-15-9)12(17)14-5-8-4-7(8)3/h6-8H,4-5H2,1-3H3,(H,14,17)(H,15,16)(H2,13,18,19). The summed E-state index contributed by atoms with van der Waals surface area (Å²) in [7, 11) is -4.00. The third-order valence-electron chi connectivity index (χ3n) is 3.63. The van der Waals surface area contributed by atoms with Crippen molar-refractivity contribution < 1.29 is 13.2 Å². The molecule has 7 nitrogen and oxygen atoms in total. The summed E-state index contributed by atoms with van der Waals surface area (Å²) in [6.45, 7) is 6.25. The van der Waals surface area contributed by atoms with Crippen molar-refractivity contribution in [1.82, 2.24) is 15.5 Å². The van der Waals surface area contributed by atoms with Gasteiger partial charge in [-0.3, -0.25) is 9.89 Å². The number of aromatic amines is 1. The lowest BCUT2D eigenvalue weighted by atomic mass is 10.1. The van der Waals surface area contributed by atoms with Crippen LogP contribution in [0.2, 0.25) is 0 Å². The molecule has 0 aromatic carbocycles. The van der Waals surface area contributed by atoms with Crippen LogP contribution in [-0.2, 0) is 10.0 Å². The van der Waals surface area contributed by atoms with Gasteiger partial charge in [0.05, 0.1) is 5.69 Å². The van der Waals surface area contributed by atoms with Crippen molar-refractivity contribution in [1.29, 1.82) is 0 Å². The van der Waals surface area contributed by atoms with Gasteiger partial charge in [-0.15, -0.1) is 0 Å². The largest absolute Gasteiger partial charge is 0.350 e. The molecule has 0 bridgehead atoms. The van der Waals surface area contributed by atoms with Crippen LogP contribution < -0.4 is 10.5 Å². The summed E-state index contributed by atoms with van der Waals surface area (Å²) in [5.74, 6) is 0.455. The van der Waals surface area contributed by atoms with Gasteiger partial charge in [-0.05, 0) is 24.2 Å². The fraction of sp³-hybridized carbons (Fsp3) is 0.667. The predicted octanol–water partition coefficient (Wildman–Crippen LogP) is 0.566. The number of rotatable bonds is 5. The zero-order chi connectivity index (χ0) is 15.1. The molecule has 1 saturated carbocycles. The molecule has 1 heterocycles. The van der Waals surface area contributed by atoms with Gasteiger partial charge in [0.15, 0.2) is 5.69 Å². The summed E-state index contributed by atoms with van der Waals surface area (Å²) >= 11 is 0. The molecule has 1 fully saturated rings. The molecule has 0 saturated heterocycles. The maximum Gasteiger partial charge on any atom is 0.273 e. The average Bonchev–Trinajstić information content (AvgIpc) is 2.87. The maximum atomic E-state index is 12.1. The van der Waals surface area contributed by atoms with Gasteiger partial charge >= 0.3 is 0 Å². The zero-order valence-electron chi connectivity index (χ0n) is 11.8. The van der Waals surface area contributed by atoms with Crippen LogP contribution in [0.5, 0.6) is 0 Å². The molecule has 1 amide bonds. The molecule has 2 unspecified atom stereocenters. The Morgan fingerprint density at radius 2 is 2.15 bits per heavy atom. The number of hydrogen-bond acceptors (Lipinski definition) is 4. The number of carbonyl (C=O) groups is 1. The van der Waals surface area contributed by atoms with Crippen molar-refractivity contribution in [3.05, 3.63) is 11.4 Å². The van der Waals surface area contributed by atoms with E-state index in [0.717, 1.165) is 6.42 Å². The first-order valence-corrected chi connectivity index (χ1v) is 8.15. The van der Waals surface area contributed by atoms with Crippen LogP contribution in [0, 0.1) is 11.8 Å². The van der Waals surface area contributed by atoms with E-state index in [1.165, 1.54) is 0 Å². The first kappa shape index (κ1) is 15.0. The average molecular weight is 300 g/mol. The highest BCUT2D eigenvalue weighted by Crippen LogP contribution is 2.36. The smallest absolute Gasteiger partial charge is 0.273 e. The second-order valence-electron chi connectivity index (χ2n) is 5.70. The maximum absolute atomic E-state index is 12.1. The first-order valence-electron chi connectivity index (χ1n) is 6.61. The minimum Gasteiger partial charge on any atom is -0.350 e. The quantitative estimate of drug-likeness (QED) is 0.736. The Morgan fingerprint density at radius 3 is 2.60 bits per heavy atom. The second kappa shape index (κ2) is 5.17. The lowest BCUT2D eigenvalue weighted by molar-refractivity contribution is 0.0943. The molecule has 0 spiro atoms. The Labute approximate surface area is 118 Å². The number of primary sulfonamides is 1. The van der Waals surface area contributed by atoms with Crippen LogP contribution in [0.1, 0.15) is 49.3 Å². The summed E-state index contributed by atoms with van der Waals surface area (Å²) in [6.07, 6.45) is 1.08. The van der Waals surface area contributed by atoms with Crippen LogP contribution in [0.15, 0.2) is 4.90 Å². The molecular formula is C12H20N4O3S. The Balaban J connectivity index is 2.24. The first-order chi connectivity index (χ1) is 9.21. The Hall–Kier alpha value is -1.41. The van der Waals surface area contributed by atoms with E-state index >= 15 is 0 Å². The normalized spacial score (nSPS) is 22.1. The van der Waals surface area contributed by atoms with Crippen LogP contribution in [0.25, 0.3) is 0 Å². The van der Waals surface area contributed by atoms with Crippen LogP contribution >= 0.6 is 0 Å². The van der Waals surface area contributed by atoms with E-state index in [2.05, 4.69) is 22.4 Å². The molecule has 4 N–H and O–H groups in total. The molecule has 0 aliphatic heterocycles. The van der Waals surface area contributed by atoms with Crippen LogP contribution in [-0.4, -0.2) is 31.1 Å². The Bertz CT molecular complexity index is 621. The predicted molar refractivity (Wildman–Crippen MR) is 73.7 cm³/mol. The zero-order valence-corrected chi connectivity index (χ0v) is 12.6. The molecular weight excluding hydrogens is 280 g/mol. The van der Waals surface area contributed by atoms with Crippen LogP contribution in [0.3, 0.4) is 0 Å². The number of nitrogens with zero attached hydrogens (tertiary/aromatic N) is 1. The number of nitrogens with one attached hydrogen (secondary N) is 2. The van der Waals surface area contributed by atoms with Crippen molar-refractivity contribution in [2.24, 2.45) is 17.0 Å². The highest BCUT2D eigenvalue weighted by molar-refractivity contribution is 7.89. The van der Waals surface area contributed by atoms with Crippen molar-refractivity contribution >= 4 is 15.9 Å². The second-order valence-corrected chi connectivity index (χ2v) is 7.20. The molecule has 0 radical (unpaired) electrons. The van der Waals surface area contributed by atoms with Crippen molar-refractivity contribution in [3.63, 3.8) is 0 Å². The van der Waals surface area contributed by atoms with E-state index in [1.807, 2.05) is 0 Å². The van der Waals surface area contributed by atoms with E-state index in [0.29, 0.717) is 24.1 Å². The van der Waals surface area contributed by atoms with Crippen molar-refractivity contribution in [3.8, 4) is 0 Å². The van der Waals surface area contributed by atoms with E-state index in [9.17, 15) is 13.2 Å². The fourth-order valence-electron chi connectivity index (χ4n) is 2.17. The number of sulfonamides is 1. The SMILES string of the molecule is CC(C)c1[nH]nc(C(=O)NCC2CC2C)c1S(N)(=O)=O. The van der Waals surface area contributed by atoms with Gasteiger partial charge in [-0.1, -0.05) is 20.8 Å². The van der Waals surface area contributed by atoms with Gasteiger partial charge in [0, 0.05) is 6.54 Å². The number of hydrogen-bond donors (Lipinski definition) is 3. The molecule has 1 aliphatic rings. The lowest BCUT2D eigenvalue weighted by Gasteiger charge is -2.06. The number of H-pyrrole nitrogens is 1. The monoisotopic (exact) mass is 300 g/mol. The third-order valence-corrected chi connectivity index (χ3v) is 4.61. The van der Waals surface area contributed by atoms with E-state index in [4.69, 9.17) is 5.14 Å². The highest BCUT2D eigenvalue weighted by atomic mass is 32.2. The lowest BCUT2D eigenvalue weighted by Crippen LogP contribution is -2.28. The van der Waals surface area contributed by atoms with E-state index < -0.39 is 15.9 Å². The summed E-state index contributed by atoms with van der Waals surface area (Å²) in [5, 5.41) is 14.3. The Kier molecular flexibility index (Phi) is 3.88. The summed E-state index contributed by atoms with van der Waals surface area (Å²) in [4.78, 5) is 11.9. The van der Waals surface area contributed by atoms with Crippen LogP contribution in [0.4, 0.5) is 0 Å². The number of aromatic nitrogens is 2. The number of nitrogens with two attached hydrogens (primary N) is 1. The molecule has 1 aromatic rings. The summed E-state index contributed by atoms with van der Waals surface area (Å²) in [5.41, 5.74) is 0.210. The molecule has 2 atom stereocenters. The minimum atomic E-state index is -4.00. The van der Waals surface area contributed by atoms with Gasteiger partial charge in [0.1, 0.15) is 4.90 Å². The van der Waals surface area contributed by atoms with E-state index in [-0.39, 0.29) is 16.5 Å².